The summed E-state index contributed by atoms with van der Waals surface area (Å²) in [5, 5.41) is 7.62. The van der Waals surface area contributed by atoms with Gasteiger partial charge in [-0.2, -0.15) is 0 Å². The van der Waals surface area contributed by atoms with Crippen molar-refractivity contribution in [2.75, 3.05) is 7.11 Å². The molecule has 0 fully saturated rings. The fourth-order valence-corrected chi connectivity index (χ4v) is 2.78. The Kier molecular flexibility index (Phi) is 6.71. The Balaban J connectivity index is 2.06. The standard InChI is InChI=1S/C18H19FN2O6S/c1-11(17(22)21-10-12-3-5-13(19)6-4-12)27-18(23)15-9-14(28(20,24)25)7-8-16(15)26-2/h3-9,11H,10H2,1-2H3,(H,21,22)(H2,20,24,25). The molecule has 0 saturated heterocycles. The van der Waals surface area contributed by atoms with Crippen LogP contribution in [0.25, 0.3) is 0 Å². The molecule has 0 radical (unpaired) electrons. The summed E-state index contributed by atoms with van der Waals surface area (Å²) < 4.78 is 45.9. The number of halogens is 1. The van der Waals surface area contributed by atoms with Crippen molar-refractivity contribution < 1.29 is 31.9 Å². The van der Waals surface area contributed by atoms with Gasteiger partial charge in [0.1, 0.15) is 17.1 Å². The Bertz CT molecular complexity index is 976. The van der Waals surface area contributed by atoms with Crippen LogP contribution in [0, 0.1) is 5.82 Å². The SMILES string of the molecule is COc1ccc(S(N)(=O)=O)cc1C(=O)OC(C)C(=O)NCc1ccc(F)cc1. The predicted octanol–water partition coefficient (Wildman–Crippen LogP) is 1.34. The van der Waals surface area contributed by atoms with Crippen molar-refractivity contribution in [1.29, 1.82) is 0 Å². The van der Waals surface area contributed by atoms with Gasteiger partial charge >= 0.3 is 5.97 Å². The number of benzene rings is 2. The first-order valence-electron chi connectivity index (χ1n) is 8.06. The van der Waals surface area contributed by atoms with Crippen LogP contribution in [0.15, 0.2) is 47.4 Å². The van der Waals surface area contributed by atoms with Crippen molar-refractivity contribution in [2.45, 2.75) is 24.5 Å². The molecule has 0 bridgehead atoms. The third-order valence-electron chi connectivity index (χ3n) is 3.75. The molecule has 2 rings (SSSR count). The van der Waals surface area contributed by atoms with Crippen molar-refractivity contribution in [3.8, 4) is 5.75 Å². The molecule has 0 saturated carbocycles. The second-order valence-corrected chi connectivity index (χ2v) is 7.36. The van der Waals surface area contributed by atoms with E-state index in [1.807, 2.05) is 0 Å². The Morgan fingerprint density at radius 2 is 1.82 bits per heavy atom. The molecule has 150 valence electrons. The van der Waals surface area contributed by atoms with Crippen molar-refractivity contribution in [2.24, 2.45) is 5.14 Å². The Hall–Kier alpha value is -2.98. The first kappa shape index (κ1) is 21.3. The zero-order valence-electron chi connectivity index (χ0n) is 15.1. The highest BCUT2D eigenvalue weighted by molar-refractivity contribution is 7.89. The van der Waals surface area contributed by atoms with Gasteiger partial charge in [0.2, 0.25) is 10.0 Å². The zero-order valence-corrected chi connectivity index (χ0v) is 16.0. The smallest absolute Gasteiger partial charge is 0.342 e. The van der Waals surface area contributed by atoms with Crippen molar-refractivity contribution >= 4 is 21.9 Å². The van der Waals surface area contributed by atoms with Crippen LogP contribution in [0.2, 0.25) is 0 Å². The van der Waals surface area contributed by atoms with Gasteiger partial charge in [-0.05, 0) is 42.8 Å². The summed E-state index contributed by atoms with van der Waals surface area (Å²) in [6.07, 6.45) is -1.17. The maximum atomic E-state index is 12.9. The van der Waals surface area contributed by atoms with Gasteiger partial charge in [0.05, 0.1) is 12.0 Å². The van der Waals surface area contributed by atoms with Gasteiger partial charge in [-0.3, -0.25) is 4.79 Å². The van der Waals surface area contributed by atoms with E-state index in [1.54, 1.807) is 0 Å². The van der Waals surface area contributed by atoms with Crippen LogP contribution in [0.1, 0.15) is 22.8 Å². The Morgan fingerprint density at radius 3 is 2.39 bits per heavy atom. The number of primary sulfonamides is 1. The number of ether oxygens (including phenoxy) is 2. The first-order valence-corrected chi connectivity index (χ1v) is 9.60. The lowest BCUT2D eigenvalue weighted by Crippen LogP contribution is -2.35. The van der Waals surface area contributed by atoms with Gasteiger partial charge < -0.3 is 14.8 Å². The number of methoxy groups -OCH3 is 1. The van der Waals surface area contributed by atoms with E-state index in [0.29, 0.717) is 5.56 Å². The van der Waals surface area contributed by atoms with Crippen molar-refractivity contribution in [3.05, 3.63) is 59.4 Å². The summed E-state index contributed by atoms with van der Waals surface area (Å²) in [6, 6.07) is 9.00. The van der Waals surface area contributed by atoms with Gasteiger partial charge in [-0.1, -0.05) is 12.1 Å². The molecule has 0 aromatic heterocycles. The summed E-state index contributed by atoms with van der Waals surface area (Å²) in [4.78, 5) is 24.2. The number of sulfonamides is 1. The number of hydrogen-bond acceptors (Lipinski definition) is 6. The van der Waals surface area contributed by atoms with Crippen LogP contribution in [-0.4, -0.2) is 33.5 Å². The number of hydrogen-bond donors (Lipinski definition) is 2. The third kappa shape index (κ3) is 5.51. The van der Waals surface area contributed by atoms with E-state index < -0.39 is 33.8 Å². The van der Waals surface area contributed by atoms with Gasteiger partial charge in [0.15, 0.2) is 6.10 Å². The molecule has 0 aliphatic heterocycles. The molecule has 0 aliphatic rings. The molecule has 1 atom stereocenters. The average molecular weight is 410 g/mol. The van der Waals surface area contributed by atoms with Gasteiger partial charge in [0, 0.05) is 6.54 Å². The van der Waals surface area contributed by atoms with Crippen LogP contribution >= 0.6 is 0 Å². The third-order valence-corrected chi connectivity index (χ3v) is 4.66. The average Bonchev–Trinajstić information content (AvgIpc) is 2.65. The van der Waals surface area contributed by atoms with E-state index in [4.69, 9.17) is 14.6 Å². The summed E-state index contributed by atoms with van der Waals surface area (Å²) in [5.41, 5.74) is 0.475. The van der Waals surface area contributed by atoms with Crippen LogP contribution in [0.3, 0.4) is 0 Å². The number of nitrogens with one attached hydrogen (secondary N) is 1. The molecule has 1 amide bonds. The van der Waals surface area contributed by atoms with Crippen LogP contribution in [0.5, 0.6) is 5.75 Å². The number of amides is 1. The van der Waals surface area contributed by atoms with Gasteiger partial charge in [-0.15, -0.1) is 0 Å². The maximum Gasteiger partial charge on any atom is 0.342 e. The molecule has 0 aliphatic carbocycles. The van der Waals surface area contributed by atoms with Gasteiger partial charge in [0.25, 0.3) is 5.91 Å². The monoisotopic (exact) mass is 410 g/mol. The van der Waals surface area contributed by atoms with Crippen LogP contribution in [0.4, 0.5) is 4.39 Å². The van der Waals surface area contributed by atoms with E-state index in [-0.39, 0.29) is 22.8 Å². The lowest BCUT2D eigenvalue weighted by atomic mass is 10.2. The molecule has 3 N–H and O–H groups in total. The number of carbonyl (C=O) groups is 2. The highest BCUT2D eigenvalue weighted by Gasteiger charge is 2.23. The minimum absolute atomic E-state index is 0.0660. The van der Waals surface area contributed by atoms with E-state index in [0.717, 1.165) is 6.07 Å². The van der Waals surface area contributed by atoms with E-state index in [1.165, 1.54) is 50.4 Å². The molecule has 1 unspecified atom stereocenters. The minimum Gasteiger partial charge on any atom is -0.496 e. The molecular weight excluding hydrogens is 391 g/mol. The Labute approximate surface area is 161 Å². The largest absolute Gasteiger partial charge is 0.496 e. The maximum absolute atomic E-state index is 12.9. The fourth-order valence-electron chi connectivity index (χ4n) is 2.24. The number of rotatable bonds is 7. The molecule has 0 spiro atoms. The fraction of sp³-hybridized carbons (Fsp3) is 0.222. The topological polar surface area (TPSA) is 125 Å². The first-order chi connectivity index (χ1) is 13.1. The highest BCUT2D eigenvalue weighted by atomic mass is 32.2. The minimum atomic E-state index is -4.04. The molecular formula is C18H19FN2O6S. The summed E-state index contributed by atoms with van der Waals surface area (Å²) in [5.74, 6) is -1.87. The van der Waals surface area contributed by atoms with E-state index in [2.05, 4.69) is 5.32 Å². The van der Waals surface area contributed by atoms with Crippen molar-refractivity contribution in [1.82, 2.24) is 5.32 Å². The lowest BCUT2D eigenvalue weighted by Gasteiger charge is -2.15. The molecule has 2 aromatic rings. The van der Waals surface area contributed by atoms with E-state index in [9.17, 15) is 22.4 Å². The predicted molar refractivity (Wildman–Crippen MR) is 97.5 cm³/mol. The second kappa shape index (κ2) is 8.81. The molecule has 2 aromatic carbocycles. The second-order valence-electron chi connectivity index (χ2n) is 5.80. The lowest BCUT2D eigenvalue weighted by molar-refractivity contribution is -0.129. The van der Waals surface area contributed by atoms with Gasteiger partial charge in [-0.25, -0.2) is 22.7 Å². The molecule has 8 nitrogen and oxygen atoms in total. The van der Waals surface area contributed by atoms with Crippen LogP contribution in [-0.2, 0) is 26.1 Å². The van der Waals surface area contributed by atoms with Crippen LogP contribution < -0.4 is 15.2 Å². The van der Waals surface area contributed by atoms with Crippen molar-refractivity contribution in [3.63, 3.8) is 0 Å². The highest BCUT2D eigenvalue weighted by Crippen LogP contribution is 2.23. The number of nitrogens with two attached hydrogens (primary N) is 1. The Morgan fingerprint density at radius 1 is 1.18 bits per heavy atom. The molecule has 28 heavy (non-hydrogen) atoms. The quantitative estimate of drug-likeness (QED) is 0.664. The summed E-state index contributed by atoms with van der Waals surface area (Å²) in [7, 11) is -2.75. The van der Waals surface area contributed by atoms with E-state index >= 15 is 0 Å². The number of carbonyl (C=O) groups excluding carboxylic acids is 2. The number of esters is 1. The molecule has 0 heterocycles. The molecule has 10 heteroatoms. The normalized spacial score (nSPS) is 12.1. The summed E-state index contributed by atoms with van der Waals surface area (Å²) in [6.45, 7) is 1.47. The zero-order chi connectivity index (χ0) is 20.9. The summed E-state index contributed by atoms with van der Waals surface area (Å²) >= 11 is 0.